The summed E-state index contributed by atoms with van der Waals surface area (Å²) in [5.74, 6) is -2.20. The van der Waals surface area contributed by atoms with Crippen molar-refractivity contribution in [2.45, 2.75) is 6.92 Å². The van der Waals surface area contributed by atoms with Crippen LogP contribution in [0.4, 0.5) is 14.5 Å². The number of rotatable bonds is 6. The van der Waals surface area contributed by atoms with Gasteiger partial charge in [-0.15, -0.1) is 11.3 Å². The monoisotopic (exact) mass is 455 g/mol. The minimum atomic E-state index is -0.854. The first-order valence-corrected chi connectivity index (χ1v) is 10.1. The van der Waals surface area contributed by atoms with Gasteiger partial charge in [-0.3, -0.25) is 19.3 Å². The number of fused-ring (bicyclic) bond motifs is 1. The van der Waals surface area contributed by atoms with Gasteiger partial charge in [0.05, 0.1) is 23.4 Å². The first-order valence-electron chi connectivity index (χ1n) is 9.26. The minimum absolute atomic E-state index is 0.107. The fourth-order valence-corrected chi connectivity index (χ4v) is 4.10. The van der Waals surface area contributed by atoms with E-state index in [0.717, 1.165) is 17.0 Å². The maximum Gasteiger partial charge on any atom is 0.311 e. The van der Waals surface area contributed by atoms with Crippen LogP contribution in [-0.2, 0) is 0 Å². The normalized spacial score (nSPS) is 11.4. The van der Waals surface area contributed by atoms with Crippen molar-refractivity contribution in [2.75, 3.05) is 7.11 Å². The molecule has 0 atom stereocenters. The molecule has 10 heteroatoms. The van der Waals surface area contributed by atoms with Gasteiger partial charge in [-0.05, 0) is 43.3 Å². The molecule has 162 valence electrons. The second-order valence-corrected chi connectivity index (χ2v) is 8.05. The van der Waals surface area contributed by atoms with Gasteiger partial charge in [0.25, 0.3) is 0 Å². The van der Waals surface area contributed by atoms with Crippen LogP contribution >= 0.6 is 11.3 Å². The van der Waals surface area contributed by atoms with Crippen LogP contribution < -0.4 is 4.74 Å². The number of nitrogens with zero attached hydrogens (tertiary/aromatic N) is 3. The molecule has 0 spiro atoms. The van der Waals surface area contributed by atoms with Crippen LogP contribution in [0.25, 0.3) is 22.3 Å². The quantitative estimate of drug-likeness (QED) is 0.167. The van der Waals surface area contributed by atoms with Gasteiger partial charge in [0.2, 0.25) is 0 Å². The lowest BCUT2D eigenvalue weighted by molar-refractivity contribution is -0.385. The highest BCUT2D eigenvalue weighted by atomic mass is 32.1. The number of nitro groups is 1. The third-order valence-electron chi connectivity index (χ3n) is 4.67. The minimum Gasteiger partial charge on any atom is -0.490 e. The van der Waals surface area contributed by atoms with E-state index in [9.17, 15) is 23.7 Å². The Morgan fingerprint density at radius 2 is 1.94 bits per heavy atom. The number of benzene rings is 2. The Morgan fingerprint density at radius 1 is 1.22 bits per heavy atom. The first kappa shape index (κ1) is 21.3. The summed E-state index contributed by atoms with van der Waals surface area (Å²) in [5.41, 5.74) is 1.00. The molecule has 0 N–H and O–H groups in total. The highest BCUT2D eigenvalue weighted by molar-refractivity contribution is 7.17. The molecule has 0 aliphatic heterocycles. The number of allylic oxidation sites excluding steroid dienone is 1. The molecule has 0 bridgehead atoms. The highest BCUT2D eigenvalue weighted by Crippen LogP contribution is 2.35. The number of hydrogen-bond acceptors (Lipinski definition) is 6. The highest BCUT2D eigenvalue weighted by Gasteiger charge is 2.20. The SMILES string of the molecule is COc1ccc(-c2nc3sc(C)cn3c2C=CC(=O)c2cc(F)cc(F)c2)cc1[N+](=O)[O-]. The molecule has 7 nitrogen and oxygen atoms in total. The van der Waals surface area contributed by atoms with E-state index in [-0.39, 0.29) is 17.0 Å². The van der Waals surface area contributed by atoms with E-state index in [1.165, 1.54) is 42.7 Å². The number of halogens is 2. The van der Waals surface area contributed by atoms with Crippen molar-refractivity contribution in [3.8, 4) is 17.0 Å². The van der Waals surface area contributed by atoms with Crippen LogP contribution in [0.15, 0.2) is 48.7 Å². The van der Waals surface area contributed by atoms with Crippen LogP contribution in [-0.4, -0.2) is 27.2 Å². The van der Waals surface area contributed by atoms with E-state index < -0.39 is 22.3 Å². The fraction of sp³-hybridized carbons (Fsp3) is 0.0909. The Labute approximate surface area is 184 Å². The maximum atomic E-state index is 13.5. The largest absolute Gasteiger partial charge is 0.490 e. The summed E-state index contributed by atoms with van der Waals surface area (Å²) in [6.45, 7) is 1.89. The van der Waals surface area contributed by atoms with E-state index in [4.69, 9.17) is 4.74 Å². The second kappa shape index (κ2) is 8.31. The molecule has 0 aliphatic rings. The molecule has 32 heavy (non-hydrogen) atoms. The Bertz CT molecular complexity index is 1390. The van der Waals surface area contributed by atoms with Crippen molar-refractivity contribution in [3.05, 3.63) is 86.6 Å². The number of carbonyl (C=O) groups excluding carboxylic acids is 1. The molecule has 0 fully saturated rings. The van der Waals surface area contributed by atoms with Gasteiger partial charge in [-0.25, -0.2) is 13.8 Å². The molecular formula is C22H15F2N3O4S. The number of imidazole rings is 1. The summed E-state index contributed by atoms with van der Waals surface area (Å²) in [7, 11) is 1.34. The first-order chi connectivity index (χ1) is 15.3. The summed E-state index contributed by atoms with van der Waals surface area (Å²) in [5, 5.41) is 11.4. The second-order valence-electron chi connectivity index (χ2n) is 6.84. The Balaban J connectivity index is 1.82. The number of carbonyl (C=O) groups is 1. The van der Waals surface area contributed by atoms with Crippen LogP contribution in [0.1, 0.15) is 20.9 Å². The van der Waals surface area contributed by atoms with Crippen molar-refractivity contribution in [1.82, 2.24) is 9.38 Å². The maximum absolute atomic E-state index is 13.5. The van der Waals surface area contributed by atoms with Gasteiger partial charge in [0, 0.05) is 34.3 Å². The molecule has 0 radical (unpaired) electrons. The van der Waals surface area contributed by atoms with Crippen molar-refractivity contribution in [3.63, 3.8) is 0 Å². The number of nitro benzene ring substituents is 1. The number of thiazole rings is 1. The van der Waals surface area contributed by atoms with Crippen molar-refractivity contribution in [1.29, 1.82) is 0 Å². The molecule has 0 aliphatic carbocycles. The smallest absolute Gasteiger partial charge is 0.311 e. The summed E-state index contributed by atoms with van der Waals surface area (Å²) in [6, 6.07) is 7.03. The van der Waals surface area contributed by atoms with Crippen LogP contribution in [0, 0.1) is 28.7 Å². The van der Waals surface area contributed by atoms with Crippen molar-refractivity contribution < 1.29 is 23.2 Å². The fourth-order valence-electron chi connectivity index (χ4n) is 3.27. The summed E-state index contributed by atoms with van der Waals surface area (Å²) >= 11 is 1.41. The number of ether oxygens (including phenoxy) is 1. The Hall–Kier alpha value is -3.92. The average molecular weight is 455 g/mol. The summed E-state index contributed by atoms with van der Waals surface area (Å²) < 4.78 is 33.7. The molecule has 4 rings (SSSR count). The molecule has 0 saturated heterocycles. The molecule has 0 amide bonds. The topological polar surface area (TPSA) is 86.7 Å². The van der Waals surface area contributed by atoms with Crippen LogP contribution in [0.2, 0.25) is 0 Å². The van der Waals surface area contributed by atoms with Crippen LogP contribution in [0.5, 0.6) is 5.75 Å². The number of ketones is 1. The lowest BCUT2D eigenvalue weighted by Crippen LogP contribution is -1.97. The molecule has 2 aromatic carbocycles. The van der Waals surface area contributed by atoms with Crippen molar-refractivity contribution in [2.24, 2.45) is 0 Å². The summed E-state index contributed by atoms with van der Waals surface area (Å²) in [4.78, 5) is 29.5. The van der Waals surface area contributed by atoms with E-state index >= 15 is 0 Å². The zero-order valence-electron chi connectivity index (χ0n) is 16.8. The Kier molecular flexibility index (Phi) is 5.54. The van der Waals surface area contributed by atoms with Gasteiger partial charge in [-0.2, -0.15) is 0 Å². The molecule has 2 aromatic heterocycles. The van der Waals surface area contributed by atoms with E-state index in [1.807, 2.05) is 13.1 Å². The molecular weight excluding hydrogens is 440 g/mol. The van der Waals surface area contributed by atoms with Crippen LogP contribution in [0.3, 0.4) is 0 Å². The number of methoxy groups -OCH3 is 1. The van der Waals surface area contributed by atoms with Crippen molar-refractivity contribution >= 4 is 33.8 Å². The number of hydrogen-bond donors (Lipinski definition) is 0. The van der Waals surface area contributed by atoms with Gasteiger partial charge in [0.15, 0.2) is 16.5 Å². The summed E-state index contributed by atoms with van der Waals surface area (Å²) in [6.07, 6.45) is 4.48. The van der Waals surface area contributed by atoms with E-state index in [0.29, 0.717) is 28.0 Å². The van der Waals surface area contributed by atoms with E-state index in [2.05, 4.69) is 4.98 Å². The van der Waals surface area contributed by atoms with Gasteiger partial charge in [0.1, 0.15) is 11.6 Å². The third kappa shape index (κ3) is 4.00. The average Bonchev–Trinajstić information content (AvgIpc) is 3.26. The standard InChI is InChI=1S/C22H15F2N3O4S/c1-12-11-26-17(4-5-19(28)14-7-15(23)10-16(24)8-14)21(25-22(26)32-12)13-3-6-20(31-2)18(9-13)27(29)30/h3-11H,1-2H3. The van der Waals surface area contributed by atoms with Gasteiger partial charge >= 0.3 is 5.69 Å². The number of aryl methyl sites for hydroxylation is 1. The third-order valence-corrected chi connectivity index (χ3v) is 5.57. The number of aromatic nitrogens is 2. The lowest BCUT2D eigenvalue weighted by Gasteiger charge is -2.05. The molecule has 2 heterocycles. The van der Waals surface area contributed by atoms with Gasteiger partial charge < -0.3 is 4.74 Å². The predicted molar refractivity (Wildman–Crippen MR) is 116 cm³/mol. The zero-order chi connectivity index (χ0) is 23.0. The molecule has 0 saturated carbocycles. The zero-order valence-corrected chi connectivity index (χ0v) is 17.7. The predicted octanol–water partition coefficient (Wildman–Crippen LogP) is 5.46. The lowest BCUT2D eigenvalue weighted by atomic mass is 10.1. The molecule has 0 unspecified atom stereocenters. The van der Waals surface area contributed by atoms with E-state index in [1.54, 1.807) is 10.5 Å². The van der Waals surface area contributed by atoms with Gasteiger partial charge in [-0.1, -0.05) is 0 Å². The Morgan fingerprint density at radius 3 is 2.59 bits per heavy atom. The molecule has 4 aromatic rings.